The molecule has 140 valence electrons. The Morgan fingerprint density at radius 3 is 2.67 bits per heavy atom. The van der Waals surface area contributed by atoms with Crippen LogP contribution in [0.3, 0.4) is 0 Å². The lowest BCUT2D eigenvalue weighted by molar-refractivity contribution is -0.113. The maximum Gasteiger partial charge on any atom is 0.270 e. The number of rotatable bonds is 5. The Morgan fingerprint density at radius 2 is 2.00 bits per heavy atom. The van der Waals surface area contributed by atoms with Gasteiger partial charge in [0.05, 0.1) is 29.3 Å². The van der Waals surface area contributed by atoms with E-state index in [1.165, 1.54) is 23.8 Å². The molecule has 1 heterocycles. The van der Waals surface area contributed by atoms with Crippen LogP contribution in [0.5, 0.6) is 11.5 Å². The van der Waals surface area contributed by atoms with E-state index in [0.717, 1.165) is 10.0 Å². The minimum Gasteiger partial charge on any atom is -0.495 e. The predicted molar refractivity (Wildman–Crippen MR) is 119 cm³/mol. The lowest BCUT2D eigenvalue weighted by atomic mass is 10.2. The molecule has 0 radical (unpaired) electrons. The highest BCUT2D eigenvalue weighted by Gasteiger charge is 2.33. The molecule has 0 N–H and O–H groups in total. The average Bonchev–Trinajstić information content (AvgIpc) is 2.91. The molecule has 0 saturated carbocycles. The molecule has 1 amide bonds. The normalized spacial score (nSPS) is 15.6. The number of carbonyl (C=O) groups excluding carboxylic acids is 1. The molecular formula is C19H15BrClNO3S2. The summed E-state index contributed by atoms with van der Waals surface area (Å²) in [5.41, 5.74) is 1.41. The Morgan fingerprint density at radius 1 is 1.26 bits per heavy atom. The molecule has 2 aromatic carbocycles. The van der Waals surface area contributed by atoms with Crippen molar-refractivity contribution in [1.82, 2.24) is 0 Å². The van der Waals surface area contributed by atoms with Crippen molar-refractivity contribution in [1.29, 1.82) is 0 Å². The molecule has 1 aliphatic heterocycles. The zero-order valence-electron chi connectivity index (χ0n) is 14.5. The molecule has 1 aliphatic rings. The first-order valence-corrected chi connectivity index (χ1v) is 10.4. The van der Waals surface area contributed by atoms with Gasteiger partial charge in [-0.15, -0.1) is 0 Å². The number of thioether (sulfide) groups is 1. The van der Waals surface area contributed by atoms with E-state index in [1.807, 2.05) is 25.1 Å². The number of ether oxygens (including phenoxy) is 2. The average molecular weight is 485 g/mol. The van der Waals surface area contributed by atoms with Crippen molar-refractivity contribution in [2.24, 2.45) is 0 Å². The smallest absolute Gasteiger partial charge is 0.270 e. The summed E-state index contributed by atoms with van der Waals surface area (Å²) < 4.78 is 12.2. The maximum absolute atomic E-state index is 13.0. The van der Waals surface area contributed by atoms with Gasteiger partial charge in [0.15, 0.2) is 4.32 Å². The molecule has 0 aromatic heterocycles. The fourth-order valence-electron chi connectivity index (χ4n) is 2.55. The number of hydrogen-bond donors (Lipinski definition) is 0. The second-order valence-corrected chi connectivity index (χ2v) is 8.45. The van der Waals surface area contributed by atoms with Crippen LogP contribution >= 0.6 is 51.5 Å². The summed E-state index contributed by atoms with van der Waals surface area (Å²) in [5, 5.41) is 0.415. The van der Waals surface area contributed by atoms with E-state index in [9.17, 15) is 4.79 Å². The first-order valence-electron chi connectivity index (χ1n) is 7.98. The molecule has 3 rings (SSSR count). The molecule has 0 atom stereocenters. The standard InChI is InChI=1S/C19H15BrClNO3S2/c1-3-25-15-6-4-12(20)8-11(15)9-17-18(23)22(19(26)27-17)13-5-7-16(24-2)14(21)10-13/h4-10H,3H2,1-2H3/b17-9+. The predicted octanol–water partition coefficient (Wildman–Crippen LogP) is 5.92. The van der Waals surface area contributed by atoms with E-state index < -0.39 is 0 Å². The van der Waals surface area contributed by atoms with Gasteiger partial charge in [0.25, 0.3) is 5.91 Å². The molecule has 8 heteroatoms. The van der Waals surface area contributed by atoms with Crippen LogP contribution < -0.4 is 14.4 Å². The van der Waals surface area contributed by atoms with Crippen molar-refractivity contribution in [2.75, 3.05) is 18.6 Å². The van der Waals surface area contributed by atoms with Crippen LogP contribution in [0.1, 0.15) is 12.5 Å². The van der Waals surface area contributed by atoms with Crippen molar-refractivity contribution in [3.63, 3.8) is 0 Å². The van der Waals surface area contributed by atoms with Crippen LogP contribution in [0, 0.1) is 0 Å². The summed E-state index contributed by atoms with van der Waals surface area (Å²) >= 11 is 16.3. The van der Waals surface area contributed by atoms with Gasteiger partial charge in [0.1, 0.15) is 11.5 Å². The molecule has 2 aromatic rings. The summed E-state index contributed by atoms with van der Waals surface area (Å²) in [6.45, 7) is 2.45. The lowest BCUT2D eigenvalue weighted by Gasteiger charge is -2.15. The summed E-state index contributed by atoms with van der Waals surface area (Å²) in [6.07, 6.45) is 1.79. The Labute approximate surface area is 180 Å². The largest absolute Gasteiger partial charge is 0.495 e. The summed E-state index contributed by atoms with van der Waals surface area (Å²) in [5.74, 6) is 1.05. The second-order valence-electron chi connectivity index (χ2n) is 5.45. The highest BCUT2D eigenvalue weighted by molar-refractivity contribution is 9.10. The van der Waals surface area contributed by atoms with Gasteiger partial charge in [-0.25, -0.2) is 0 Å². The van der Waals surface area contributed by atoms with Gasteiger partial charge in [0.2, 0.25) is 0 Å². The van der Waals surface area contributed by atoms with Crippen molar-refractivity contribution in [2.45, 2.75) is 6.92 Å². The van der Waals surface area contributed by atoms with E-state index in [0.29, 0.717) is 38.0 Å². The van der Waals surface area contributed by atoms with Crippen LogP contribution in [0.4, 0.5) is 5.69 Å². The fourth-order valence-corrected chi connectivity index (χ4v) is 4.47. The number of hydrogen-bond acceptors (Lipinski definition) is 5. The number of anilines is 1. The van der Waals surface area contributed by atoms with Gasteiger partial charge in [0, 0.05) is 10.0 Å². The van der Waals surface area contributed by atoms with Gasteiger partial charge in [-0.05, 0) is 49.4 Å². The number of thiocarbonyl (C=S) groups is 1. The molecule has 0 aliphatic carbocycles. The molecular weight excluding hydrogens is 470 g/mol. The molecule has 0 unspecified atom stereocenters. The number of amides is 1. The Balaban J connectivity index is 1.96. The minimum absolute atomic E-state index is 0.200. The van der Waals surface area contributed by atoms with Crippen LogP contribution in [-0.4, -0.2) is 23.9 Å². The monoisotopic (exact) mass is 483 g/mol. The summed E-state index contributed by atoms with van der Waals surface area (Å²) in [7, 11) is 1.54. The molecule has 0 spiro atoms. The highest BCUT2D eigenvalue weighted by Crippen LogP contribution is 2.39. The zero-order chi connectivity index (χ0) is 19.6. The topological polar surface area (TPSA) is 38.8 Å². The first-order chi connectivity index (χ1) is 12.9. The molecule has 4 nitrogen and oxygen atoms in total. The summed E-state index contributed by atoms with van der Waals surface area (Å²) in [4.78, 5) is 15.0. The number of nitrogens with zero attached hydrogens (tertiary/aromatic N) is 1. The third-order valence-corrected chi connectivity index (χ3v) is 5.84. The maximum atomic E-state index is 13.0. The molecule has 27 heavy (non-hydrogen) atoms. The summed E-state index contributed by atoms with van der Waals surface area (Å²) in [6, 6.07) is 10.8. The van der Waals surface area contributed by atoms with E-state index in [4.69, 9.17) is 33.3 Å². The highest BCUT2D eigenvalue weighted by atomic mass is 79.9. The number of methoxy groups -OCH3 is 1. The van der Waals surface area contributed by atoms with Crippen LogP contribution in [0.2, 0.25) is 5.02 Å². The Bertz CT molecular complexity index is 949. The molecule has 1 fully saturated rings. The number of benzene rings is 2. The van der Waals surface area contributed by atoms with Gasteiger partial charge >= 0.3 is 0 Å². The Kier molecular flexibility index (Phi) is 6.47. The van der Waals surface area contributed by atoms with E-state index >= 15 is 0 Å². The Hall–Kier alpha value is -1.54. The van der Waals surface area contributed by atoms with Crippen LogP contribution in [-0.2, 0) is 4.79 Å². The van der Waals surface area contributed by atoms with E-state index in [-0.39, 0.29) is 5.91 Å². The third kappa shape index (κ3) is 4.32. The van der Waals surface area contributed by atoms with Crippen molar-refractivity contribution in [3.8, 4) is 11.5 Å². The SMILES string of the molecule is CCOc1ccc(Br)cc1/C=C1/SC(=S)N(c2ccc(OC)c(Cl)c2)C1=O. The van der Waals surface area contributed by atoms with Crippen molar-refractivity contribution in [3.05, 3.63) is 56.4 Å². The number of halogens is 2. The van der Waals surface area contributed by atoms with Crippen molar-refractivity contribution < 1.29 is 14.3 Å². The lowest BCUT2D eigenvalue weighted by Crippen LogP contribution is -2.27. The second kappa shape index (κ2) is 8.65. The van der Waals surface area contributed by atoms with E-state index in [2.05, 4.69) is 15.9 Å². The fraction of sp³-hybridized carbons (Fsp3) is 0.158. The van der Waals surface area contributed by atoms with E-state index in [1.54, 1.807) is 24.3 Å². The van der Waals surface area contributed by atoms with Crippen LogP contribution in [0.15, 0.2) is 45.8 Å². The van der Waals surface area contributed by atoms with Crippen molar-refractivity contribution >= 4 is 73.5 Å². The quantitative estimate of drug-likeness (QED) is 0.389. The number of carbonyl (C=O) groups is 1. The zero-order valence-corrected chi connectivity index (χ0v) is 18.5. The molecule has 0 bridgehead atoms. The van der Waals surface area contributed by atoms with Gasteiger partial charge in [-0.2, -0.15) is 0 Å². The van der Waals surface area contributed by atoms with Gasteiger partial charge < -0.3 is 9.47 Å². The first kappa shape index (κ1) is 20.2. The molecule has 1 saturated heterocycles. The third-order valence-electron chi connectivity index (χ3n) is 3.75. The minimum atomic E-state index is -0.200. The van der Waals surface area contributed by atoms with Gasteiger partial charge in [-0.3, -0.25) is 9.69 Å². The van der Waals surface area contributed by atoms with Crippen LogP contribution in [0.25, 0.3) is 6.08 Å². The van der Waals surface area contributed by atoms with Gasteiger partial charge in [-0.1, -0.05) is 51.5 Å².